The summed E-state index contributed by atoms with van der Waals surface area (Å²) in [7, 11) is -1.50. The molecule has 0 aromatic heterocycles. The van der Waals surface area contributed by atoms with Gasteiger partial charge in [-0.25, -0.2) is 0 Å². The molecule has 1 heterocycles. The first-order chi connectivity index (χ1) is 32.5. The van der Waals surface area contributed by atoms with Crippen LogP contribution in [0.15, 0.2) is 216 Å². The summed E-state index contributed by atoms with van der Waals surface area (Å²) in [5, 5.41) is 6.64. The summed E-state index contributed by atoms with van der Waals surface area (Å²) < 4.78 is 0. The summed E-state index contributed by atoms with van der Waals surface area (Å²) in [6, 6.07) is 77.0. The van der Waals surface area contributed by atoms with E-state index in [1.165, 1.54) is 86.6 Å². The smallest absolute Gasteiger partial charge is 0.0775 e. The van der Waals surface area contributed by atoms with Crippen molar-refractivity contribution in [1.82, 2.24) is 0 Å². The maximum atomic E-state index is 2.46. The van der Waals surface area contributed by atoms with Crippen molar-refractivity contribution in [3.05, 3.63) is 223 Å². The number of benzene rings is 10. The van der Waals surface area contributed by atoms with Crippen LogP contribution in [0.5, 0.6) is 0 Å². The van der Waals surface area contributed by atoms with Gasteiger partial charge in [0.25, 0.3) is 0 Å². The fourth-order valence-electron chi connectivity index (χ4n) is 11.0. The fourth-order valence-corrected chi connectivity index (χ4v) is 13.3. The summed E-state index contributed by atoms with van der Waals surface area (Å²) in [5.74, 6) is 0. The Hall–Kier alpha value is -7.11. The van der Waals surface area contributed by atoms with Crippen molar-refractivity contribution in [2.45, 2.75) is 55.6 Å². The molecule has 0 radical (unpaired) electrons. The molecule has 0 N–H and O–H groups in total. The van der Waals surface area contributed by atoms with Crippen LogP contribution in [-0.4, -0.2) is 8.07 Å². The van der Waals surface area contributed by atoms with E-state index in [0.29, 0.717) is 0 Å². The Kier molecular flexibility index (Phi) is 9.72. The second-order valence-corrected chi connectivity index (χ2v) is 25.9. The molecule has 324 valence electrons. The predicted octanol–water partition coefficient (Wildman–Crippen LogP) is 17.9. The van der Waals surface area contributed by atoms with Crippen molar-refractivity contribution in [2.24, 2.45) is 0 Å². The van der Waals surface area contributed by atoms with Crippen LogP contribution in [0.25, 0.3) is 54.9 Å². The van der Waals surface area contributed by atoms with Gasteiger partial charge in [0.1, 0.15) is 0 Å². The quantitative estimate of drug-likeness (QED) is 0.111. The highest BCUT2D eigenvalue weighted by Gasteiger charge is 2.36. The van der Waals surface area contributed by atoms with Gasteiger partial charge in [-0.05, 0) is 140 Å². The van der Waals surface area contributed by atoms with Crippen LogP contribution in [0.4, 0.5) is 34.1 Å². The zero-order chi connectivity index (χ0) is 45.6. The topological polar surface area (TPSA) is 6.48 Å². The lowest BCUT2D eigenvalue weighted by molar-refractivity contribution is 0.660. The third-order valence-electron chi connectivity index (χ3n) is 14.4. The second kappa shape index (κ2) is 15.8. The molecule has 0 atom stereocenters. The average molecular weight is 897 g/mol. The Labute approximate surface area is 400 Å². The van der Waals surface area contributed by atoms with E-state index in [0.717, 1.165) is 34.1 Å². The maximum absolute atomic E-state index is 2.46. The van der Waals surface area contributed by atoms with Gasteiger partial charge in [0.2, 0.25) is 0 Å². The molecule has 0 amide bonds. The minimum absolute atomic E-state index is 0.0970. The van der Waals surface area contributed by atoms with E-state index in [2.05, 4.69) is 256 Å². The minimum Gasteiger partial charge on any atom is -0.310 e. The molecule has 10 aromatic rings. The Morgan fingerprint density at radius 1 is 0.418 bits per heavy atom. The fraction of sp³-hybridized carbons (Fsp3) is 0.111. The van der Waals surface area contributed by atoms with Crippen LogP contribution in [0.1, 0.15) is 30.5 Å². The molecule has 67 heavy (non-hydrogen) atoms. The van der Waals surface area contributed by atoms with Gasteiger partial charge in [0.15, 0.2) is 0 Å². The average Bonchev–Trinajstić information content (AvgIpc) is 3.58. The van der Waals surface area contributed by atoms with Crippen LogP contribution in [-0.2, 0) is 5.41 Å². The number of hydrogen-bond donors (Lipinski definition) is 0. The summed E-state index contributed by atoms with van der Waals surface area (Å²) in [6.07, 6.45) is 0. The molecule has 0 spiro atoms. The summed E-state index contributed by atoms with van der Waals surface area (Å²) in [5.41, 5.74) is 18.6. The molecule has 0 saturated carbocycles. The van der Waals surface area contributed by atoms with Gasteiger partial charge in [-0.15, -0.1) is 0 Å². The zero-order valence-electron chi connectivity index (χ0n) is 38.9. The molecule has 1 aliphatic heterocycles. The van der Waals surface area contributed by atoms with Crippen LogP contribution in [0.2, 0.25) is 19.6 Å². The molecule has 0 bridgehead atoms. The first kappa shape index (κ1) is 41.3. The molecule has 1 aliphatic carbocycles. The standard InChI is InChI=1S/C63H52N2SSi/c1-41-49-35-30-45(64(43-20-11-8-12-21-43)46-31-36-52-51-23-13-15-25-56(51)63(2,3)57(52)39-46)38-55(49)53-24-17-27-59-62(53)61(41)54-37-32-47(40-60(54)66-59)65(44-28-33-48(34-29-44)67(4,5)6)58-26-16-14-22-50(58)42-18-9-7-10-19-42/h7-40H,1-6H3. The largest absolute Gasteiger partial charge is 0.310 e. The van der Waals surface area contributed by atoms with Gasteiger partial charge in [-0.1, -0.05) is 184 Å². The Bertz CT molecular complexity index is 3570. The van der Waals surface area contributed by atoms with Crippen molar-refractivity contribution in [1.29, 1.82) is 0 Å². The van der Waals surface area contributed by atoms with Crippen molar-refractivity contribution < 1.29 is 0 Å². The van der Waals surface area contributed by atoms with Gasteiger partial charge < -0.3 is 9.80 Å². The van der Waals surface area contributed by atoms with Gasteiger partial charge in [-0.2, -0.15) is 0 Å². The van der Waals surface area contributed by atoms with Crippen LogP contribution in [0, 0.1) is 6.92 Å². The van der Waals surface area contributed by atoms with Crippen LogP contribution in [0.3, 0.4) is 0 Å². The molecule has 2 aliphatic rings. The lowest BCUT2D eigenvalue weighted by Crippen LogP contribution is -2.37. The lowest BCUT2D eigenvalue weighted by Gasteiger charge is -2.31. The Balaban J connectivity index is 0.998. The van der Waals surface area contributed by atoms with E-state index in [1.54, 1.807) is 0 Å². The number of aryl methyl sites for hydroxylation is 1. The maximum Gasteiger partial charge on any atom is 0.0775 e. The number of anilines is 6. The molecule has 2 nitrogen and oxygen atoms in total. The molecule has 0 fully saturated rings. The van der Waals surface area contributed by atoms with Crippen LogP contribution >= 0.6 is 11.8 Å². The highest BCUT2D eigenvalue weighted by molar-refractivity contribution is 7.99. The summed E-state index contributed by atoms with van der Waals surface area (Å²) in [4.78, 5) is 7.47. The van der Waals surface area contributed by atoms with E-state index in [-0.39, 0.29) is 5.41 Å². The predicted molar refractivity (Wildman–Crippen MR) is 291 cm³/mol. The normalized spacial score (nSPS) is 13.3. The minimum atomic E-state index is -1.50. The SMILES string of the molecule is Cc1c2c3c(cccc3c3cc(N(c4ccccc4)c4ccc5c(c4)C(C)(C)c4ccccc4-5)ccc13)Sc1cc(N(c3ccc([Si](C)(C)C)cc3)c3ccccc3-c3ccccc3)ccc1-2. The van der Waals surface area contributed by atoms with E-state index < -0.39 is 8.07 Å². The number of rotatable bonds is 8. The lowest BCUT2D eigenvalue weighted by atomic mass is 9.82. The first-order valence-electron chi connectivity index (χ1n) is 23.5. The molecule has 0 unspecified atom stereocenters. The summed E-state index contributed by atoms with van der Waals surface area (Å²) >= 11 is 1.90. The number of para-hydroxylation sites is 2. The molecule has 0 saturated heterocycles. The van der Waals surface area contributed by atoms with E-state index >= 15 is 0 Å². The number of fused-ring (bicyclic) bond motifs is 7. The third-order valence-corrected chi connectivity index (χ3v) is 17.6. The van der Waals surface area contributed by atoms with E-state index in [9.17, 15) is 0 Å². The van der Waals surface area contributed by atoms with Gasteiger partial charge in [0, 0.05) is 54.6 Å². The number of nitrogens with zero attached hydrogens (tertiary/aromatic N) is 2. The van der Waals surface area contributed by atoms with Gasteiger partial charge in [-0.3, -0.25) is 0 Å². The molecular weight excluding hydrogens is 845 g/mol. The molecule has 10 aromatic carbocycles. The van der Waals surface area contributed by atoms with E-state index in [1.807, 2.05) is 11.8 Å². The van der Waals surface area contributed by atoms with Crippen molar-refractivity contribution >= 4 is 80.7 Å². The van der Waals surface area contributed by atoms with Gasteiger partial charge >= 0.3 is 0 Å². The van der Waals surface area contributed by atoms with Crippen molar-refractivity contribution in [2.75, 3.05) is 9.80 Å². The highest BCUT2D eigenvalue weighted by atomic mass is 32.2. The molecule has 4 heteroatoms. The van der Waals surface area contributed by atoms with Gasteiger partial charge in [0.05, 0.1) is 13.8 Å². The Morgan fingerprint density at radius 3 is 1.78 bits per heavy atom. The summed E-state index contributed by atoms with van der Waals surface area (Å²) in [6.45, 7) is 14.3. The molecule has 12 rings (SSSR count). The third kappa shape index (κ3) is 6.76. The van der Waals surface area contributed by atoms with Crippen molar-refractivity contribution in [3.8, 4) is 33.4 Å². The first-order valence-corrected chi connectivity index (χ1v) is 27.8. The monoisotopic (exact) mass is 896 g/mol. The number of hydrogen-bond acceptors (Lipinski definition) is 3. The van der Waals surface area contributed by atoms with Crippen molar-refractivity contribution in [3.63, 3.8) is 0 Å². The Morgan fingerprint density at radius 2 is 1.01 bits per heavy atom. The zero-order valence-corrected chi connectivity index (χ0v) is 40.7. The highest BCUT2D eigenvalue weighted by Crippen LogP contribution is 2.55. The second-order valence-electron chi connectivity index (χ2n) is 19.8. The molecular formula is C63H52N2SSi. The van der Waals surface area contributed by atoms with Crippen LogP contribution < -0.4 is 15.0 Å². The van der Waals surface area contributed by atoms with E-state index in [4.69, 9.17) is 0 Å².